The van der Waals surface area contributed by atoms with Gasteiger partial charge in [-0.25, -0.2) is 4.79 Å². The van der Waals surface area contributed by atoms with Crippen molar-refractivity contribution in [3.8, 4) is 0 Å². The number of hydrogen-bond donors (Lipinski definition) is 0. The number of halogens is 1. The second kappa shape index (κ2) is 5.93. The van der Waals surface area contributed by atoms with Gasteiger partial charge in [0.2, 0.25) is 0 Å². The number of fused-ring (bicyclic) bond motifs is 2. The molecule has 2 aliphatic rings. The van der Waals surface area contributed by atoms with Crippen LogP contribution in [0.5, 0.6) is 0 Å². The third-order valence-electron chi connectivity index (χ3n) is 4.19. The highest BCUT2D eigenvalue weighted by Crippen LogP contribution is 2.36. The van der Waals surface area contributed by atoms with Gasteiger partial charge in [0.25, 0.3) is 0 Å². The average molecular weight is 282 g/mol. The SMILES string of the molecule is CN1CC2CC(OC(=O)c3ccccc3)CC1C2.Cl. The highest BCUT2D eigenvalue weighted by atomic mass is 35.5. The smallest absolute Gasteiger partial charge is 0.338 e. The van der Waals surface area contributed by atoms with Gasteiger partial charge < -0.3 is 9.64 Å². The molecule has 1 aromatic rings. The van der Waals surface area contributed by atoms with Crippen LogP contribution in [0.3, 0.4) is 0 Å². The Morgan fingerprint density at radius 2 is 1.95 bits per heavy atom. The normalized spacial score (nSPS) is 29.6. The Balaban J connectivity index is 0.00000133. The second-order valence-electron chi connectivity index (χ2n) is 5.56. The zero-order chi connectivity index (χ0) is 12.5. The first-order valence-corrected chi connectivity index (χ1v) is 6.68. The first-order chi connectivity index (χ1) is 8.72. The first kappa shape index (κ1) is 14.4. The summed E-state index contributed by atoms with van der Waals surface area (Å²) in [6.45, 7) is 1.16. The van der Waals surface area contributed by atoms with Gasteiger partial charge in [0.15, 0.2) is 0 Å². The van der Waals surface area contributed by atoms with E-state index in [2.05, 4.69) is 11.9 Å². The molecule has 2 fully saturated rings. The molecule has 0 spiro atoms. The van der Waals surface area contributed by atoms with Crippen LogP contribution in [0.25, 0.3) is 0 Å². The van der Waals surface area contributed by atoms with Crippen molar-refractivity contribution in [3.05, 3.63) is 35.9 Å². The van der Waals surface area contributed by atoms with Gasteiger partial charge in [-0.1, -0.05) is 18.2 Å². The largest absolute Gasteiger partial charge is 0.459 e. The van der Waals surface area contributed by atoms with Crippen LogP contribution in [0.15, 0.2) is 30.3 Å². The van der Waals surface area contributed by atoms with Gasteiger partial charge >= 0.3 is 5.97 Å². The van der Waals surface area contributed by atoms with Crippen molar-refractivity contribution in [2.24, 2.45) is 5.92 Å². The molecule has 1 saturated heterocycles. The molecule has 1 aliphatic heterocycles. The molecule has 2 bridgehead atoms. The number of carbonyl (C=O) groups excluding carboxylic acids is 1. The van der Waals surface area contributed by atoms with Gasteiger partial charge in [0, 0.05) is 12.6 Å². The zero-order valence-corrected chi connectivity index (χ0v) is 11.9. The van der Waals surface area contributed by atoms with E-state index >= 15 is 0 Å². The van der Waals surface area contributed by atoms with Crippen LogP contribution >= 0.6 is 12.4 Å². The molecule has 0 N–H and O–H groups in total. The van der Waals surface area contributed by atoms with Crippen LogP contribution in [0.1, 0.15) is 29.6 Å². The maximum absolute atomic E-state index is 12.0. The van der Waals surface area contributed by atoms with Crippen molar-refractivity contribution in [2.75, 3.05) is 13.6 Å². The highest BCUT2D eigenvalue weighted by molar-refractivity contribution is 5.89. The summed E-state index contributed by atoms with van der Waals surface area (Å²) >= 11 is 0. The molecule has 0 amide bonds. The lowest BCUT2D eigenvalue weighted by Crippen LogP contribution is -2.32. The van der Waals surface area contributed by atoms with E-state index in [0.29, 0.717) is 17.5 Å². The van der Waals surface area contributed by atoms with E-state index < -0.39 is 0 Å². The van der Waals surface area contributed by atoms with E-state index in [9.17, 15) is 4.79 Å². The molecule has 0 aromatic heterocycles. The van der Waals surface area contributed by atoms with Crippen molar-refractivity contribution >= 4 is 18.4 Å². The first-order valence-electron chi connectivity index (χ1n) is 6.68. The zero-order valence-electron chi connectivity index (χ0n) is 11.1. The standard InChI is InChI=1S/C15H19NO2.ClH/c1-16-10-11-7-13(16)9-14(8-11)18-15(17)12-5-3-2-4-6-12;/h2-6,11,13-14H,7-10H2,1H3;1H. The minimum absolute atomic E-state index is 0. The maximum Gasteiger partial charge on any atom is 0.338 e. The Bertz CT molecular complexity index is 435. The molecular weight excluding hydrogens is 262 g/mol. The second-order valence-corrected chi connectivity index (χ2v) is 5.56. The van der Waals surface area contributed by atoms with Crippen LogP contribution in [0.4, 0.5) is 0 Å². The number of rotatable bonds is 2. The van der Waals surface area contributed by atoms with Gasteiger partial charge in [-0.2, -0.15) is 0 Å². The minimum Gasteiger partial charge on any atom is -0.459 e. The Labute approximate surface area is 120 Å². The van der Waals surface area contributed by atoms with Crippen molar-refractivity contribution in [2.45, 2.75) is 31.4 Å². The maximum atomic E-state index is 12.0. The van der Waals surface area contributed by atoms with Gasteiger partial charge in [0.05, 0.1) is 5.56 Å². The summed E-state index contributed by atoms with van der Waals surface area (Å²) in [7, 11) is 2.17. The quantitative estimate of drug-likeness (QED) is 0.781. The highest BCUT2D eigenvalue weighted by Gasteiger charge is 2.39. The number of likely N-dealkylation sites (tertiary alicyclic amines) is 1. The van der Waals surface area contributed by atoms with Crippen LogP contribution in [0, 0.1) is 5.92 Å². The van der Waals surface area contributed by atoms with E-state index in [1.165, 1.54) is 6.42 Å². The average Bonchev–Trinajstić information content (AvgIpc) is 2.64. The number of esters is 1. The van der Waals surface area contributed by atoms with Crippen molar-refractivity contribution in [1.29, 1.82) is 0 Å². The van der Waals surface area contributed by atoms with Crippen LogP contribution in [-0.4, -0.2) is 36.6 Å². The van der Waals surface area contributed by atoms with Gasteiger partial charge in [-0.3, -0.25) is 0 Å². The molecule has 1 aliphatic carbocycles. The topological polar surface area (TPSA) is 29.5 Å². The van der Waals surface area contributed by atoms with E-state index in [1.54, 1.807) is 0 Å². The van der Waals surface area contributed by atoms with Crippen molar-refractivity contribution in [3.63, 3.8) is 0 Å². The fraction of sp³-hybridized carbons (Fsp3) is 0.533. The summed E-state index contributed by atoms with van der Waals surface area (Å²) < 4.78 is 5.64. The molecule has 3 nitrogen and oxygen atoms in total. The predicted octanol–water partition coefficient (Wildman–Crippen LogP) is 2.75. The molecule has 1 aromatic carbocycles. The summed E-state index contributed by atoms with van der Waals surface area (Å²) in [6, 6.07) is 9.88. The molecule has 3 unspecified atom stereocenters. The molecule has 1 saturated carbocycles. The van der Waals surface area contributed by atoms with Gasteiger partial charge in [0.1, 0.15) is 6.10 Å². The molecule has 104 valence electrons. The van der Waals surface area contributed by atoms with Crippen molar-refractivity contribution in [1.82, 2.24) is 4.90 Å². The summed E-state index contributed by atoms with van der Waals surface area (Å²) in [4.78, 5) is 14.4. The fourth-order valence-corrected chi connectivity index (χ4v) is 3.30. The van der Waals surface area contributed by atoms with Gasteiger partial charge in [-0.15, -0.1) is 12.4 Å². The summed E-state index contributed by atoms with van der Waals surface area (Å²) in [6.07, 6.45) is 3.40. The number of benzene rings is 1. The Morgan fingerprint density at radius 3 is 2.63 bits per heavy atom. The van der Waals surface area contributed by atoms with E-state index in [1.807, 2.05) is 30.3 Å². The number of nitrogens with zero attached hydrogens (tertiary/aromatic N) is 1. The van der Waals surface area contributed by atoms with E-state index in [0.717, 1.165) is 19.4 Å². The summed E-state index contributed by atoms with van der Waals surface area (Å²) in [5.41, 5.74) is 0.656. The van der Waals surface area contributed by atoms with Crippen LogP contribution in [0.2, 0.25) is 0 Å². The summed E-state index contributed by atoms with van der Waals surface area (Å²) in [5.74, 6) is 0.534. The fourth-order valence-electron chi connectivity index (χ4n) is 3.30. The van der Waals surface area contributed by atoms with Crippen molar-refractivity contribution < 1.29 is 9.53 Å². The minimum atomic E-state index is -0.176. The lowest BCUT2D eigenvalue weighted by molar-refractivity contribution is 0.0148. The molecule has 4 heteroatoms. The van der Waals surface area contributed by atoms with Gasteiger partial charge in [-0.05, 0) is 44.4 Å². The number of hydrogen-bond acceptors (Lipinski definition) is 3. The Hall–Kier alpha value is -1.06. The molecule has 3 rings (SSSR count). The summed E-state index contributed by atoms with van der Waals surface area (Å²) in [5, 5.41) is 0. The number of ether oxygens (including phenoxy) is 1. The lowest BCUT2D eigenvalue weighted by Gasteiger charge is -2.28. The third kappa shape index (κ3) is 3.10. The van der Waals surface area contributed by atoms with E-state index in [4.69, 9.17) is 4.74 Å². The van der Waals surface area contributed by atoms with Crippen LogP contribution in [-0.2, 0) is 4.74 Å². The molecule has 3 atom stereocenters. The Kier molecular flexibility index (Phi) is 4.48. The molecule has 0 radical (unpaired) electrons. The van der Waals surface area contributed by atoms with Crippen LogP contribution < -0.4 is 0 Å². The monoisotopic (exact) mass is 281 g/mol. The Morgan fingerprint density at radius 1 is 1.21 bits per heavy atom. The molecular formula is C15H20ClNO2. The lowest BCUT2D eigenvalue weighted by atomic mass is 9.88. The number of carbonyl (C=O) groups is 1. The molecule has 1 heterocycles. The predicted molar refractivity (Wildman–Crippen MR) is 76.7 cm³/mol. The van der Waals surface area contributed by atoms with E-state index in [-0.39, 0.29) is 24.5 Å². The molecule has 19 heavy (non-hydrogen) atoms. The third-order valence-corrected chi connectivity index (χ3v) is 4.19.